The lowest BCUT2D eigenvalue weighted by molar-refractivity contribution is -0.146. The van der Waals surface area contributed by atoms with Crippen LogP contribution in [0.25, 0.3) is 0 Å². The van der Waals surface area contributed by atoms with E-state index in [0.717, 1.165) is 36.6 Å². The fourth-order valence-corrected chi connectivity index (χ4v) is 3.73. The van der Waals surface area contributed by atoms with Crippen molar-refractivity contribution in [3.63, 3.8) is 0 Å². The Hall–Kier alpha value is -2.23. The maximum absolute atomic E-state index is 12.7. The minimum Gasteiger partial charge on any atom is -0.348 e. The fraction of sp³-hybridized carbons (Fsp3) is 0.438. The van der Waals surface area contributed by atoms with Crippen LogP contribution in [0.4, 0.5) is 13.2 Å². The highest BCUT2D eigenvalue weighted by Crippen LogP contribution is 2.32. The van der Waals surface area contributed by atoms with E-state index < -0.39 is 17.3 Å². The lowest BCUT2D eigenvalue weighted by atomic mass is 9.88. The van der Waals surface area contributed by atoms with Crippen LogP contribution in [-0.4, -0.2) is 26.0 Å². The van der Waals surface area contributed by atoms with Crippen LogP contribution in [0.15, 0.2) is 29.4 Å². The van der Waals surface area contributed by atoms with Gasteiger partial charge in [-0.05, 0) is 37.3 Å². The summed E-state index contributed by atoms with van der Waals surface area (Å²) in [5, 5.41) is 8.63. The van der Waals surface area contributed by atoms with Gasteiger partial charge in [0.05, 0.1) is 11.3 Å². The Balaban J connectivity index is 1.67. The Labute approximate surface area is 152 Å². The van der Waals surface area contributed by atoms with Crippen molar-refractivity contribution in [2.24, 2.45) is 0 Å². The summed E-state index contributed by atoms with van der Waals surface area (Å²) >= 11 is 0.837. The second-order valence-corrected chi connectivity index (χ2v) is 7.39. The van der Waals surface area contributed by atoms with Crippen LogP contribution in [0, 0.1) is 0 Å². The summed E-state index contributed by atoms with van der Waals surface area (Å²) in [4.78, 5) is 12.5. The Kier molecular flexibility index (Phi) is 5.12. The van der Waals surface area contributed by atoms with Crippen molar-refractivity contribution in [2.75, 3.05) is 5.84 Å². The van der Waals surface area contributed by atoms with E-state index in [4.69, 9.17) is 5.84 Å². The Morgan fingerprint density at radius 1 is 1.38 bits per heavy atom. The van der Waals surface area contributed by atoms with Crippen LogP contribution in [0.3, 0.4) is 0 Å². The number of alkyl halides is 3. The summed E-state index contributed by atoms with van der Waals surface area (Å²) in [7, 11) is 0. The van der Waals surface area contributed by atoms with Gasteiger partial charge in [0.15, 0.2) is 0 Å². The normalized spacial score (nSPS) is 18.2. The molecular weight excluding hydrogens is 367 g/mol. The lowest BCUT2D eigenvalue weighted by Crippen LogP contribution is -2.36. The summed E-state index contributed by atoms with van der Waals surface area (Å²) in [5.74, 6) is 3.82. The van der Waals surface area contributed by atoms with E-state index in [1.165, 1.54) is 5.56 Å². The monoisotopic (exact) mass is 385 g/mol. The van der Waals surface area contributed by atoms with Crippen LogP contribution >= 0.6 is 11.8 Å². The molecule has 140 valence electrons. The number of nitrogen functional groups attached to an aromatic ring is 1. The van der Waals surface area contributed by atoms with Gasteiger partial charge in [0.25, 0.3) is 5.82 Å². The van der Waals surface area contributed by atoms with Gasteiger partial charge < -0.3 is 11.2 Å². The third-order valence-corrected chi connectivity index (χ3v) is 5.31. The van der Waals surface area contributed by atoms with Gasteiger partial charge in [-0.15, -0.1) is 10.2 Å². The fourth-order valence-electron chi connectivity index (χ4n) is 2.96. The van der Waals surface area contributed by atoms with Gasteiger partial charge in [-0.25, -0.2) is 4.68 Å². The molecule has 1 amide bonds. The lowest BCUT2D eigenvalue weighted by Gasteiger charge is -2.27. The van der Waals surface area contributed by atoms with E-state index in [1.54, 1.807) is 6.92 Å². The molecule has 2 atom stereocenters. The van der Waals surface area contributed by atoms with Crippen LogP contribution in [0.1, 0.15) is 42.8 Å². The second-order valence-electron chi connectivity index (χ2n) is 6.09. The molecule has 0 aliphatic heterocycles. The highest BCUT2D eigenvalue weighted by atomic mass is 32.2. The standard InChI is InChI=1S/C16H18F3N5OS/c1-9(26-15-23-22-14(24(15)20)16(17,18)19)13(25)21-12-8-4-6-10-5-2-3-7-11(10)12/h2-3,5,7,9,12H,4,6,8,20H2,1H3,(H,21,25). The van der Waals surface area contributed by atoms with E-state index in [2.05, 4.69) is 15.5 Å². The first-order valence-electron chi connectivity index (χ1n) is 8.10. The van der Waals surface area contributed by atoms with Gasteiger partial charge in [0.2, 0.25) is 11.1 Å². The molecule has 1 aliphatic rings. The minimum absolute atomic E-state index is 0.100. The van der Waals surface area contributed by atoms with Crippen molar-refractivity contribution >= 4 is 17.7 Å². The molecule has 0 radical (unpaired) electrons. The third kappa shape index (κ3) is 3.79. The van der Waals surface area contributed by atoms with Crippen molar-refractivity contribution < 1.29 is 18.0 Å². The average Bonchev–Trinajstić information content (AvgIpc) is 2.96. The molecule has 2 unspecified atom stereocenters. The van der Waals surface area contributed by atoms with Gasteiger partial charge in [0, 0.05) is 0 Å². The van der Waals surface area contributed by atoms with E-state index in [-0.39, 0.29) is 17.1 Å². The zero-order valence-electron chi connectivity index (χ0n) is 14.0. The smallest absolute Gasteiger partial charge is 0.348 e. The first-order chi connectivity index (χ1) is 12.3. The van der Waals surface area contributed by atoms with Crippen LogP contribution in [0.5, 0.6) is 0 Å². The number of hydrogen-bond acceptors (Lipinski definition) is 5. The first-order valence-corrected chi connectivity index (χ1v) is 8.98. The third-order valence-electron chi connectivity index (χ3n) is 4.26. The molecule has 1 aromatic heterocycles. The van der Waals surface area contributed by atoms with Crippen LogP contribution < -0.4 is 11.2 Å². The SMILES string of the molecule is CC(Sc1nnc(C(F)(F)F)n1N)C(=O)NC1CCCc2ccccc21. The Morgan fingerprint density at radius 3 is 2.81 bits per heavy atom. The van der Waals surface area contributed by atoms with E-state index in [1.807, 2.05) is 24.3 Å². The van der Waals surface area contributed by atoms with Gasteiger partial charge in [-0.3, -0.25) is 4.79 Å². The molecule has 1 aliphatic carbocycles. The number of rotatable bonds is 4. The summed E-state index contributed by atoms with van der Waals surface area (Å²) in [6.07, 6.45) is -1.93. The topological polar surface area (TPSA) is 85.8 Å². The molecular formula is C16H18F3N5OS. The number of aromatic nitrogens is 3. The molecule has 0 saturated carbocycles. The van der Waals surface area contributed by atoms with Crippen molar-refractivity contribution in [3.05, 3.63) is 41.2 Å². The summed E-state index contributed by atoms with van der Waals surface area (Å²) in [5.41, 5.74) is 2.30. The predicted octanol–water partition coefficient (Wildman–Crippen LogP) is 2.69. The van der Waals surface area contributed by atoms with E-state index >= 15 is 0 Å². The molecule has 26 heavy (non-hydrogen) atoms. The number of halogens is 3. The summed E-state index contributed by atoms with van der Waals surface area (Å²) in [6.45, 7) is 1.59. The number of hydrogen-bond donors (Lipinski definition) is 2. The number of benzene rings is 1. The zero-order valence-corrected chi connectivity index (χ0v) is 14.8. The molecule has 3 rings (SSSR count). The van der Waals surface area contributed by atoms with Gasteiger partial charge in [0.1, 0.15) is 0 Å². The highest BCUT2D eigenvalue weighted by Gasteiger charge is 2.38. The highest BCUT2D eigenvalue weighted by molar-refractivity contribution is 8.00. The average molecular weight is 385 g/mol. The number of fused-ring (bicyclic) bond motifs is 1. The molecule has 10 heteroatoms. The molecule has 0 saturated heterocycles. The summed E-state index contributed by atoms with van der Waals surface area (Å²) < 4.78 is 38.5. The largest absolute Gasteiger partial charge is 0.453 e. The predicted molar refractivity (Wildman–Crippen MR) is 90.8 cm³/mol. The van der Waals surface area contributed by atoms with Crippen LogP contribution in [-0.2, 0) is 17.4 Å². The molecule has 0 spiro atoms. The minimum atomic E-state index is -4.70. The molecule has 1 aromatic carbocycles. The van der Waals surface area contributed by atoms with Crippen molar-refractivity contribution in [2.45, 2.75) is 48.8 Å². The Morgan fingerprint density at radius 2 is 2.12 bits per heavy atom. The van der Waals surface area contributed by atoms with Gasteiger partial charge in [-0.2, -0.15) is 13.2 Å². The van der Waals surface area contributed by atoms with Gasteiger partial charge >= 0.3 is 6.18 Å². The molecule has 0 bridgehead atoms. The summed E-state index contributed by atoms with van der Waals surface area (Å²) in [6, 6.07) is 7.83. The van der Waals surface area contributed by atoms with E-state index in [9.17, 15) is 18.0 Å². The number of nitrogens with one attached hydrogen (secondary N) is 1. The quantitative estimate of drug-likeness (QED) is 0.624. The van der Waals surface area contributed by atoms with Gasteiger partial charge in [-0.1, -0.05) is 36.0 Å². The molecule has 2 aromatic rings. The molecule has 3 N–H and O–H groups in total. The molecule has 1 heterocycles. The zero-order chi connectivity index (χ0) is 18.9. The Bertz CT molecular complexity index is 807. The number of carbonyl (C=O) groups is 1. The first kappa shape index (κ1) is 18.6. The van der Waals surface area contributed by atoms with E-state index in [0.29, 0.717) is 4.68 Å². The number of carbonyl (C=O) groups excluding carboxylic acids is 1. The maximum Gasteiger partial charge on any atom is 0.453 e. The van der Waals surface area contributed by atoms with Crippen LogP contribution in [0.2, 0.25) is 0 Å². The van der Waals surface area contributed by atoms with Crippen molar-refractivity contribution in [1.82, 2.24) is 20.2 Å². The number of nitrogens with zero attached hydrogens (tertiary/aromatic N) is 3. The number of amides is 1. The number of aryl methyl sites for hydroxylation is 1. The molecule has 6 nitrogen and oxygen atoms in total. The van der Waals surface area contributed by atoms with Crippen molar-refractivity contribution in [3.8, 4) is 0 Å². The second kappa shape index (κ2) is 7.18. The number of thioether (sulfide) groups is 1. The number of nitrogens with two attached hydrogens (primary N) is 1. The maximum atomic E-state index is 12.7. The molecule has 0 fully saturated rings. The van der Waals surface area contributed by atoms with Crippen molar-refractivity contribution in [1.29, 1.82) is 0 Å².